The fourth-order valence-corrected chi connectivity index (χ4v) is 1.49. The maximum atomic E-state index is 11.0. The van der Waals surface area contributed by atoms with E-state index in [1.54, 1.807) is 12.1 Å². The number of fused-ring (bicyclic) bond motifs is 1. The van der Waals surface area contributed by atoms with Crippen LogP contribution in [0.5, 0.6) is 0 Å². The maximum absolute atomic E-state index is 11.0. The Bertz CT molecular complexity index is 639. The fourth-order valence-electron chi connectivity index (χ4n) is 1.49. The van der Waals surface area contributed by atoms with E-state index in [9.17, 15) is 4.79 Å². The van der Waals surface area contributed by atoms with E-state index in [0.717, 1.165) is 16.5 Å². The van der Waals surface area contributed by atoms with Crippen LogP contribution in [-0.4, -0.2) is 22.6 Å². The van der Waals surface area contributed by atoms with Crippen molar-refractivity contribution in [3.8, 4) is 11.8 Å². The van der Waals surface area contributed by atoms with E-state index in [4.69, 9.17) is 10.8 Å². The summed E-state index contributed by atoms with van der Waals surface area (Å²) in [7, 11) is 0. The SMILES string of the molecule is NC(=O)c1cnc2ccc(C#CCO)cc2c1. The number of hydrogen-bond donors (Lipinski definition) is 2. The van der Waals surface area contributed by atoms with Crippen LogP contribution < -0.4 is 5.73 Å². The Hall–Kier alpha value is -2.38. The summed E-state index contributed by atoms with van der Waals surface area (Å²) in [6.45, 7) is -0.183. The van der Waals surface area contributed by atoms with Gasteiger partial charge in [-0.25, -0.2) is 0 Å². The van der Waals surface area contributed by atoms with Gasteiger partial charge in [-0.1, -0.05) is 11.8 Å². The van der Waals surface area contributed by atoms with E-state index in [1.807, 2.05) is 12.1 Å². The zero-order valence-electron chi connectivity index (χ0n) is 8.97. The molecule has 1 heterocycles. The molecule has 84 valence electrons. The molecule has 0 fully saturated rings. The number of amides is 1. The quantitative estimate of drug-likeness (QED) is 0.702. The molecule has 2 rings (SSSR count). The van der Waals surface area contributed by atoms with Crippen LogP contribution in [-0.2, 0) is 0 Å². The number of aliphatic hydroxyl groups excluding tert-OH is 1. The van der Waals surface area contributed by atoms with E-state index in [0.29, 0.717) is 5.56 Å². The Morgan fingerprint density at radius 3 is 2.94 bits per heavy atom. The molecule has 0 aliphatic rings. The molecule has 4 heteroatoms. The van der Waals surface area contributed by atoms with Crippen molar-refractivity contribution >= 4 is 16.8 Å². The van der Waals surface area contributed by atoms with Crippen molar-refractivity contribution in [3.63, 3.8) is 0 Å². The molecule has 17 heavy (non-hydrogen) atoms. The molecule has 1 amide bonds. The van der Waals surface area contributed by atoms with Crippen LogP contribution in [0.2, 0.25) is 0 Å². The minimum atomic E-state index is -0.508. The number of carbonyl (C=O) groups excluding carboxylic acids is 1. The average molecular weight is 226 g/mol. The van der Waals surface area contributed by atoms with Crippen LogP contribution in [0.3, 0.4) is 0 Å². The summed E-state index contributed by atoms with van der Waals surface area (Å²) < 4.78 is 0. The average Bonchev–Trinajstić information content (AvgIpc) is 2.35. The number of pyridine rings is 1. The Kier molecular flexibility index (Phi) is 3.03. The number of carbonyl (C=O) groups is 1. The van der Waals surface area contributed by atoms with E-state index in [2.05, 4.69) is 16.8 Å². The number of nitrogens with zero attached hydrogens (tertiary/aromatic N) is 1. The van der Waals surface area contributed by atoms with Gasteiger partial charge in [0.05, 0.1) is 11.1 Å². The van der Waals surface area contributed by atoms with Crippen molar-refractivity contribution in [2.24, 2.45) is 5.73 Å². The summed E-state index contributed by atoms with van der Waals surface area (Å²) >= 11 is 0. The number of primary amides is 1. The summed E-state index contributed by atoms with van der Waals surface area (Å²) in [6, 6.07) is 7.09. The van der Waals surface area contributed by atoms with Crippen LogP contribution in [0.1, 0.15) is 15.9 Å². The molecule has 0 unspecified atom stereocenters. The zero-order valence-corrected chi connectivity index (χ0v) is 8.97. The lowest BCUT2D eigenvalue weighted by Crippen LogP contribution is -2.10. The number of nitrogens with two attached hydrogens (primary N) is 1. The van der Waals surface area contributed by atoms with Crippen LogP contribution >= 0.6 is 0 Å². The third-order valence-electron chi connectivity index (χ3n) is 2.28. The van der Waals surface area contributed by atoms with Gasteiger partial charge >= 0.3 is 0 Å². The van der Waals surface area contributed by atoms with Crippen molar-refractivity contribution in [3.05, 3.63) is 41.6 Å². The highest BCUT2D eigenvalue weighted by atomic mass is 16.2. The van der Waals surface area contributed by atoms with Crippen LogP contribution in [0.4, 0.5) is 0 Å². The smallest absolute Gasteiger partial charge is 0.250 e. The van der Waals surface area contributed by atoms with E-state index in [1.165, 1.54) is 6.20 Å². The summed E-state index contributed by atoms with van der Waals surface area (Å²) in [5, 5.41) is 9.41. The summed E-state index contributed by atoms with van der Waals surface area (Å²) in [6.07, 6.45) is 1.45. The normalized spacial score (nSPS) is 9.71. The van der Waals surface area contributed by atoms with Gasteiger partial charge in [-0.2, -0.15) is 0 Å². The highest BCUT2D eigenvalue weighted by Crippen LogP contribution is 2.14. The maximum Gasteiger partial charge on any atom is 0.250 e. The predicted molar refractivity (Wildman–Crippen MR) is 64.2 cm³/mol. The van der Waals surface area contributed by atoms with Gasteiger partial charge in [-0.3, -0.25) is 9.78 Å². The van der Waals surface area contributed by atoms with Crippen molar-refractivity contribution in [2.45, 2.75) is 0 Å². The molecule has 1 aromatic carbocycles. The molecule has 0 atom stereocenters. The van der Waals surface area contributed by atoms with Gasteiger partial charge in [0.1, 0.15) is 6.61 Å². The highest BCUT2D eigenvalue weighted by molar-refractivity contribution is 5.96. The standard InChI is InChI=1S/C13H10N2O2/c14-13(17)11-7-10-6-9(2-1-5-16)3-4-12(10)15-8-11/h3-4,6-8,16H,5H2,(H2,14,17). The highest BCUT2D eigenvalue weighted by Gasteiger charge is 2.02. The lowest BCUT2D eigenvalue weighted by atomic mass is 10.1. The molecule has 0 aliphatic carbocycles. The molecule has 0 saturated heterocycles. The molecule has 0 spiro atoms. The first-order chi connectivity index (χ1) is 8.20. The molecule has 3 N–H and O–H groups in total. The van der Waals surface area contributed by atoms with Gasteiger partial charge in [-0.05, 0) is 24.3 Å². The first kappa shape index (κ1) is 11.1. The Balaban J connectivity index is 2.54. The molecule has 4 nitrogen and oxygen atoms in total. The van der Waals surface area contributed by atoms with Crippen molar-refractivity contribution in [1.82, 2.24) is 4.98 Å². The Morgan fingerprint density at radius 2 is 2.24 bits per heavy atom. The molecule has 0 saturated carbocycles. The molecule has 1 aromatic heterocycles. The topological polar surface area (TPSA) is 76.2 Å². The lowest BCUT2D eigenvalue weighted by molar-refractivity contribution is 0.1000. The second kappa shape index (κ2) is 4.64. The van der Waals surface area contributed by atoms with Crippen LogP contribution in [0.15, 0.2) is 30.5 Å². The van der Waals surface area contributed by atoms with Crippen LogP contribution in [0, 0.1) is 11.8 Å². The molecule has 0 aliphatic heterocycles. The Morgan fingerprint density at radius 1 is 1.41 bits per heavy atom. The van der Waals surface area contributed by atoms with E-state index in [-0.39, 0.29) is 6.61 Å². The Labute approximate surface area is 98.1 Å². The van der Waals surface area contributed by atoms with Gasteiger partial charge < -0.3 is 10.8 Å². The van der Waals surface area contributed by atoms with E-state index < -0.39 is 5.91 Å². The van der Waals surface area contributed by atoms with E-state index >= 15 is 0 Å². The molecular weight excluding hydrogens is 216 g/mol. The fraction of sp³-hybridized carbons (Fsp3) is 0.0769. The third-order valence-corrected chi connectivity index (χ3v) is 2.28. The van der Waals surface area contributed by atoms with Gasteiger partial charge in [0, 0.05) is 17.1 Å². The van der Waals surface area contributed by atoms with Gasteiger partial charge in [0.2, 0.25) is 5.91 Å². The second-order valence-corrected chi connectivity index (χ2v) is 3.46. The monoisotopic (exact) mass is 226 g/mol. The zero-order chi connectivity index (χ0) is 12.3. The molecule has 0 radical (unpaired) electrons. The minimum absolute atomic E-state index is 0.183. The van der Waals surface area contributed by atoms with Gasteiger partial charge in [0.25, 0.3) is 0 Å². The molecule has 0 bridgehead atoms. The minimum Gasteiger partial charge on any atom is -0.384 e. The van der Waals surface area contributed by atoms with Crippen LogP contribution in [0.25, 0.3) is 10.9 Å². The second-order valence-electron chi connectivity index (χ2n) is 3.46. The number of benzene rings is 1. The summed E-state index contributed by atoms with van der Waals surface area (Å²) in [4.78, 5) is 15.1. The number of aromatic nitrogens is 1. The number of rotatable bonds is 1. The summed E-state index contributed by atoms with van der Waals surface area (Å²) in [5.41, 5.74) is 7.08. The summed E-state index contributed by atoms with van der Waals surface area (Å²) in [5.74, 6) is 4.84. The lowest BCUT2D eigenvalue weighted by Gasteiger charge is -2.00. The van der Waals surface area contributed by atoms with Crippen molar-refractivity contribution < 1.29 is 9.90 Å². The largest absolute Gasteiger partial charge is 0.384 e. The number of hydrogen-bond acceptors (Lipinski definition) is 3. The van der Waals surface area contributed by atoms with Crippen molar-refractivity contribution in [2.75, 3.05) is 6.61 Å². The first-order valence-electron chi connectivity index (χ1n) is 5.00. The van der Waals surface area contributed by atoms with Gasteiger partial charge in [0.15, 0.2) is 0 Å². The molecule has 2 aromatic rings. The molecular formula is C13H10N2O2. The van der Waals surface area contributed by atoms with Crippen molar-refractivity contribution in [1.29, 1.82) is 0 Å². The third kappa shape index (κ3) is 2.41. The number of aliphatic hydroxyl groups is 1. The first-order valence-corrected chi connectivity index (χ1v) is 5.00. The predicted octanol–water partition coefficient (Wildman–Crippen LogP) is 0.677. The van der Waals surface area contributed by atoms with Gasteiger partial charge in [-0.15, -0.1) is 0 Å².